The van der Waals surface area contributed by atoms with Gasteiger partial charge >= 0.3 is 0 Å². The summed E-state index contributed by atoms with van der Waals surface area (Å²) in [6.07, 6.45) is 0.462. The number of piperidine rings is 2. The standard InChI is InChI=1S/C22H29F3N6O2/c1-28(2)21(33)13-4-3-6-29(10-13)20(32)12-31-19-9-16(25)15(24)8-18(19)27-22(31)30-7-5-14(23)17(26)11-30/h8-9,13-14,17H,3-7,10-12,26H2,1-2H3/t13?,14-,17-/m1/s1. The lowest BCUT2D eigenvalue weighted by Gasteiger charge is -2.35. The summed E-state index contributed by atoms with van der Waals surface area (Å²) in [6, 6.07) is 1.28. The number of carbonyl (C=O) groups excluding carboxylic acids is 2. The molecule has 180 valence electrons. The summed E-state index contributed by atoms with van der Waals surface area (Å²) in [6.45, 7) is 1.15. The molecule has 0 bridgehead atoms. The highest BCUT2D eigenvalue weighted by Gasteiger charge is 2.32. The first-order chi connectivity index (χ1) is 15.7. The maximum atomic E-state index is 14.1. The first kappa shape index (κ1) is 23.3. The molecule has 2 aliphatic heterocycles. The van der Waals surface area contributed by atoms with Crippen molar-refractivity contribution in [3.8, 4) is 0 Å². The van der Waals surface area contributed by atoms with Gasteiger partial charge in [0.1, 0.15) is 12.7 Å². The Morgan fingerprint density at radius 1 is 1.15 bits per heavy atom. The average molecular weight is 467 g/mol. The molecule has 1 unspecified atom stereocenters. The van der Waals surface area contributed by atoms with Gasteiger partial charge in [0.05, 0.1) is 23.0 Å². The number of likely N-dealkylation sites (tertiary alicyclic amines) is 1. The second-order valence-electron chi connectivity index (χ2n) is 9.08. The molecule has 11 heteroatoms. The van der Waals surface area contributed by atoms with Crippen LogP contribution in [0.25, 0.3) is 11.0 Å². The van der Waals surface area contributed by atoms with Gasteiger partial charge in [-0.25, -0.2) is 18.2 Å². The molecule has 1 aromatic heterocycles. The first-order valence-corrected chi connectivity index (χ1v) is 11.1. The third kappa shape index (κ3) is 4.64. The van der Waals surface area contributed by atoms with Crippen molar-refractivity contribution in [2.75, 3.05) is 45.2 Å². The van der Waals surface area contributed by atoms with Crippen LogP contribution in [0, 0.1) is 17.6 Å². The third-order valence-corrected chi connectivity index (χ3v) is 6.48. The van der Waals surface area contributed by atoms with E-state index >= 15 is 0 Å². The molecule has 3 atom stereocenters. The van der Waals surface area contributed by atoms with Crippen molar-refractivity contribution in [1.82, 2.24) is 19.4 Å². The summed E-state index contributed by atoms with van der Waals surface area (Å²) >= 11 is 0. The number of alkyl halides is 1. The summed E-state index contributed by atoms with van der Waals surface area (Å²) in [5.41, 5.74) is 6.37. The van der Waals surface area contributed by atoms with E-state index in [0.29, 0.717) is 38.4 Å². The monoisotopic (exact) mass is 466 g/mol. The largest absolute Gasteiger partial charge is 0.349 e. The van der Waals surface area contributed by atoms with E-state index in [2.05, 4.69) is 4.98 Å². The number of amides is 2. The van der Waals surface area contributed by atoms with Gasteiger partial charge < -0.3 is 25.0 Å². The molecule has 2 amide bonds. The fourth-order valence-corrected chi connectivity index (χ4v) is 4.65. The molecule has 8 nitrogen and oxygen atoms in total. The minimum Gasteiger partial charge on any atom is -0.349 e. The predicted molar refractivity (Wildman–Crippen MR) is 117 cm³/mol. The van der Waals surface area contributed by atoms with Gasteiger partial charge in [-0.1, -0.05) is 0 Å². The molecule has 2 aromatic rings. The van der Waals surface area contributed by atoms with Gasteiger partial charge in [-0.15, -0.1) is 0 Å². The van der Waals surface area contributed by atoms with Gasteiger partial charge in [0, 0.05) is 52.4 Å². The van der Waals surface area contributed by atoms with Crippen LogP contribution in [0.2, 0.25) is 0 Å². The summed E-state index contributed by atoms with van der Waals surface area (Å²) < 4.78 is 43.4. The molecule has 0 radical (unpaired) electrons. The van der Waals surface area contributed by atoms with Crippen molar-refractivity contribution in [1.29, 1.82) is 0 Å². The lowest BCUT2D eigenvalue weighted by Crippen LogP contribution is -2.50. The second-order valence-corrected chi connectivity index (χ2v) is 9.08. The van der Waals surface area contributed by atoms with Crippen molar-refractivity contribution in [3.63, 3.8) is 0 Å². The van der Waals surface area contributed by atoms with E-state index in [9.17, 15) is 22.8 Å². The van der Waals surface area contributed by atoms with Crippen molar-refractivity contribution < 1.29 is 22.8 Å². The van der Waals surface area contributed by atoms with Crippen LogP contribution in [0.15, 0.2) is 12.1 Å². The van der Waals surface area contributed by atoms with Gasteiger partial charge in [0.15, 0.2) is 11.6 Å². The fraction of sp³-hybridized carbons (Fsp3) is 0.591. The lowest BCUT2D eigenvalue weighted by molar-refractivity contribution is -0.139. The number of hydrogen-bond acceptors (Lipinski definition) is 5. The Kier molecular flexibility index (Phi) is 6.51. The SMILES string of the molecule is CN(C)C(=O)C1CCCN(C(=O)Cn2c(N3CC[C@@H](F)[C@H](N)C3)nc3cc(F)c(F)cc32)C1. The van der Waals surface area contributed by atoms with Crippen LogP contribution in [-0.4, -0.2) is 83.7 Å². The van der Waals surface area contributed by atoms with Gasteiger partial charge in [-0.05, 0) is 19.3 Å². The highest BCUT2D eigenvalue weighted by molar-refractivity contribution is 5.84. The zero-order chi connectivity index (χ0) is 23.9. The molecule has 2 fully saturated rings. The molecular formula is C22H29F3N6O2. The highest BCUT2D eigenvalue weighted by atomic mass is 19.2. The Hall–Kier alpha value is -2.82. The maximum absolute atomic E-state index is 14.1. The van der Waals surface area contributed by atoms with Crippen molar-refractivity contribution in [2.24, 2.45) is 11.7 Å². The second kappa shape index (κ2) is 9.20. The molecule has 2 aliphatic rings. The van der Waals surface area contributed by atoms with Crippen molar-refractivity contribution >= 4 is 28.8 Å². The smallest absolute Gasteiger partial charge is 0.242 e. The lowest BCUT2D eigenvalue weighted by atomic mass is 9.96. The number of imidazole rings is 1. The minimum absolute atomic E-state index is 0.0260. The minimum atomic E-state index is -1.14. The van der Waals surface area contributed by atoms with E-state index < -0.39 is 23.8 Å². The van der Waals surface area contributed by atoms with Gasteiger partial charge in [0.25, 0.3) is 0 Å². The number of aromatic nitrogens is 2. The summed E-state index contributed by atoms with van der Waals surface area (Å²) in [7, 11) is 3.37. The number of hydrogen-bond donors (Lipinski definition) is 1. The molecule has 0 spiro atoms. The van der Waals surface area contributed by atoms with E-state index in [-0.39, 0.29) is 48.3 Å². The zero-order valence-corrected chi connectivity index (χ0v) is 18.8. The number of benzene rings is 1. The number of nitrogens with two attached hydrogens (primary N) is 1. The summed E-state index contributed by atoms with van der Waals surface area (Å²) in [5, 5.41) is 0. The topological polar surface area (TPSA) is 87.7 Å². The Bertz CT molecular complexity index is 1060. The highest BCUT2D eigenvalue weighted by Crippen LogP contribution is 2.28. The summed E-state index contributed by atoms with van der Waals surface area (Å²) in [4.78, 5) is 35.0. The van der Waals surface area contributed by atoms with Gasteiger partial charge in [-0.2, -0.15) is 0 Å². The van der Waals surface area contributed by atoms with E-state index in [1.165, 1.54) is 9.47 Å². The molecule has 33 heavy (non-hydrogen) atoms. The molecule has 3 heterocycles. The number of nitrogens with zero attached hydrogens (tertiary/aromatic N) is 5. The average Bonchev–Trinajstić information content (AvgIpc) is 3.12. The van der Waals surface area contributed by atoms with E-state index in [1.807, 2.05) is 0 Å². The molecular weight excluding hydrogens is 437 g/mol. The van der Waals surface area contributed by atoms with E-state index in [0.717, 1.165) is 12.1 Å². The Labute approximate surface area is 190 Å². The molecule has 0 saturated carbocycles. The normalized spacial score (nSPS) is 23.8. The van der Waals surface area contributed by atoms with Crippen molar-refractivity contribution in [2.45, 2.75) is 38.0 Å². The number of rotatable bonds is 4. The van der Waals surface area contributed by atoms with Crippen LogP contribution in [0.5, 0.6) is 0 Å². The summed E-state index contributed by atoms with van der Waals surface area (Å²) in [5.74, 6) is -2.31. The molecule has 0 aliphatic carbocycles. The van der Waals surface area contributed by atoms with E-state index in [4.69, 9.17) is 5.73 Å². The van der Waals surface area contributed by atoms with Crippen LogP contribution >= 0.6 is 0 Å². The van der Waals surface area contributed by atoms with Crippen LogP contribution in [0.1, 0.15) is 19.3 Å². The molecule has 4 rings (SSSR count). The molecule has 2 saturated heterocycles. The van der Waals surface area contributed by atoms with Crippen LogP contribution in [0.4, 0.5) is 19.1 Å². The zero-order valence-electron chi connectivity index (χ0n) is 18.8. The van der Waals surface area contributed by atoms with E-state index in [1.54, 1.807) is 23.9 Å². The van der Waals surface area contributed by atoms with Gasteiger partial charge in [0.2, 0.25) is 17.8 Å². The van der Waals surface area contributed by atoms with Crippen molar-refractivity contribution in [3.05, 3.63) is 23.8 Å². The maximum Gasteiger partial charge on any atom is 0.242 e. The number of carbonyl (C=O) groups is 2. The number of fused-ring (bicyclic) bond motifs is 1. The first-order valence-electron chi connectivity index (χ1n) is 11.1. The molecule has 2 N–H and O–H groups in total. The fourth-order valence-electron chi connectivity index (χ4n) is 4.65. The molecule has 1 aromatic carbocycles. The quantitative estimate of drug-likeness (QED) is 0.738. The van der Waals surface area contributed by atoms with Crippen LogP contribution < -0.4 is 10.6 Å². The van der Waals surface area contributed by atoms with Crippen LogP contribution in [0.3, 0.4) is 0 Å². The Morgan fingerprint density at radius 3 is 2.58 bits per heavy atom. The Morgan fingerprint density at radius 2 is 1.88 bits per heavy atom. The Balaban J connectivity index is 1.63. The third-order valence-electron chi connectivity index (χ3n) is 6.48. The van der Waals surface area contributed by atoms with Crippen LogP contribution in [-0.2, 0) is 16.1 Å². The van der Waals surface area contributed by atoms with Gasteiger partial charge in [-0.3, -0.25) is 9.59 Å². The number of anilines is 1. The predicted octanol–water partition coefficient (Wildman–Crippen LogP) is 1.52. The number of halogens is 3.